The normalized spacial score (nSPS) is 12.0. The highest BCUT2D eigenvalue weighted by Gasteiger charge is 2.20. The van der Waals surface area contributed by atoms with Crippen LogP contribution in [0.5, 0.6) is 0 Å². The summed E-state index contributed by atoms with van der Waals surface area (Å²) in [6, 6.07) is 11.3. The Balaban J connectivity index is 2.24. The molecule has 2 rings (SSSR count). The quantitative estimate of drug-likeness (QED) is 0.738. The first-order chi connectivity index (χ1) is 9.90. The number of hydrogen-bond acceptors (Lipinski definition) is 1. The Bertz CT molecular complexity index is 660. The van der Waals surface area contributed by atoms with E-state index in [1.807, 2.05) is 19.1 Å². The van der Waals surface area contributed by atoms with Crippen LogP contribution in [0.3, 0.4) is 0 Å². The van der Waals surface area contributed by atoms with Gasteiger partial charge in [0.2, 0.25) is 0 Å². The van der Waals surface area contributed by atoms with E-state index in [9.17, 15) is 9.18 Å². The lowest BCUT2D eigenvalue weighted by Gasteiger charge is -2.26. The lowest BCUT2D eigenvalue weighted by molar-refractivity contribution is 0.0741. The maximum Gasteiger partial charge on any atom is 0.255 e. The van der Waals surface area contributed by atoms with Crippen LogP contribution < -0.4 is 0 Å². The molecule has 0 aliphatic carbocycles. The molecule has 2 aromatic rings. The van der Waals surface area contributed by atoms with Crippen LogP contribution in [0.25, 0.3) is 0 Å². The Morgan fingerprint density at radius 1 is 1.24 bits per heavy atom. The van der Waals surface area contributed by atoms with Gasteiger partial charge in [0.1, 0.15) is 5.82 Å². The molecule has 0 aliphatic heterocycles. The van der Waals surface area contributed by atoms with Crippen LogP contribution in [-0.4, -0.2) is 17.9 Å². The van der Waals surface area contributed by atoms with E-state index >= 15 is 0 Å². The Labute approximate surface area is 136 Å². The largest absolute Gasteiger partial charge is 0.335 e. The number of carbonyl (C=O) groups is 1. The van der Waals surface area contributed by atoms with Gasteiger partial charge in [-0.3, -0.25) is 4.79 Å². The van der Waals surface area contributed by atoms with Crippen molar-refractivity contribution in [2.75, 3.05) is 7.05 Å². The van der Waals surface area contributed by atoms with Crippen LogP contribution in [0.1, 0.15) is 28.9 Å². The fraction of sp³-hybridized carbons (Fsp3) is 0.188. The fourth-order valence-electron chi connectivity index (χ4n) is 1.99. The summed E-state index contributed by atoms with van der Waals surface area (Å²) in [5.41, 5.74) is 1.41. The summed E-state index contributed by atoms with van der Waals surface area (Å²) in [7, 11) is 1.72. The van der Waals surface area contributed by atoms with Gasteiger partial charge in [-0.15, -0.1) is 0 Å². The number of hydrogen-bond donors (Lipinski definition) is 0. The van der Waals surface area contributed by atoms with E-state index in [4.69, 9.17) is 11.6 Å². The van der Waals surface area contributed by atoms with E-state index < -0.39 is 0 Å². The maximum atomic E-state index is 13.1. The average molecular weight is 371 g/mol. The maximum absolute atomic E-state index is 13.1. The molecular formula is C16H14BrClFNO. The highest BCUT2D eigenvalue weighted by molar-refractivity contribution is 9.10. The van der Waals surface area contributed by atoms with Crippen LogP contribution in [0.4, 0.5) is 4.39 Å². The Morgan fingerprint density at radius 3 is 2.43 bits per heavy atom. The van der Waals surface area contributed by atoms with Crippen molar-refractivity contribution in [1.29, 1.82) is 0 Å². The average Bonchev–Trinajstić information content (AvgIpc) is 2.46. The number of rotatable bonds is 3. The predicted molar refractivity (Wildman–Crippen MR) is 86.1 cm³/mol. The molecular weight excluding hydrogens is 357 g/mol. The van der Waals surface area contributed by atoms with Gasteiger partial charge in [0.05, 0.1) is 11.6 Å². The van der Waals surface area contributed by atoms with Crippen molar-refractivity contribution in [3.8, 4) is 0 Å². The molecule has 2 aromatic carbocycles. The van der Waals surface area contributed by atoms with Crippen LogP contribution in [0.2, 0.25) is 5.02 Å². The smallest absolute Gasteiger partial charge is 0.255 e. The zero-order valence-electron chi connectivity index (χ0n) is 11.6. The predicted octanol–water partition coefficient (Wildman–Crippen LogP) is 5.07. The van der Waals surface area contributed by atoms with Crippen molar-refractivity contribution in [3.05, 3.63) is 68.9 Å². The van der Waals surface area contributed by atoms with Crippen molar-refractivity contribution in [2.24, 2.45) is 0 Å². The molecule has 0 saturated carbocycles. The van der Waals surface area contributed by atoms with Crippen molar-refractivity contribution in [3.63, 3.8) is 0 Å². The van der Waals surface area contributed by atoms with Gasteiger partial charge in [-0.05, 0) is 58.7 Å². The second kappa shape index (κ2) is 6.58. The Hall–Kier alpha value is -1.39. The monoisotopic (exact) mass is 369 g/mol. The van der Waals surface area contributed by atoms with Crippen molar-refractivity contribution >= 4 is 33.4 Å². The zero-order chi connectivity index (χ0) is 15.6. The summed E-state index contributed by atoms with van der Waals surface area (Å²) in [5, 5.41) is 0.654. The summed E-state index contributed by atoms with van der Waals surface area (Å²) in [6.07, 6.45) is 0. The second-order valence-corrected chi connectivity index (χ2v) is 6.06. The molecule has 0 spiro atoms. The number of nitrogens with zero attached hydrogens (tertiary/aromatic N) is 1. The molecule has 110 valence electrons. The molecule has 1 atom stereocenters. The van der Waals surface area contributed by atoms with Crippen molar-refractivity contribution in [1.82, 2.24) is 4.90 Å². The Kier molecular flexibility index (Phi) is 5.01. The molecule has 21 heavy (non-hydrogen) atoms. The molecule has 2 nitrogen and oxygen atoms in total. The van der Waals surface area contributed by atoms with E-state index in [2.05, 4.69) is 15.9 Å². The van der Waals surface area contributed by atoms with E-state index in [0.717, 1.165) is 5.56 Å². The number of halogens is 3. The first-order valence-corrected chi connectivity index (χ1v) is 7.55. The van der Waals surface area contributed by atoms with Crippen LogP contribution in [-0.2, 0) is 0 Å². The molecule has 0 aliphatic rings. The summed E-state index contributed by atoms with van der Waals surface area (Å²) in [4.78, 5) is 14.1. The lowest BCUT2D eigenvalue weighted by Crippen LogP contribution is -2.29. The van der Waals surface area contributed by atoms with Gasteiger partial charge in [0, 0.05) is 16.5 Å². The molecule has 1 unspecified atom stereocenters. The fourth-order valence-corrected chi connectivity index (χ4v) is 2.64. The SMILES string of the molecule is CC(c1ccc(Cl)cc1)N(C)C(=O)c1ccc(F)cc1Br. The van der Waals surface area contributed by atoms with Crippen LogP contribution >= 0.6 is 27.5 Å². The molecule has 0 fully saturated rings. The lowest BCUT2D eigenvalue weighted by atomic mass is 10.1. The zero-order valence-corrected chi connectivity index (χ0v) is 14.0. The summed E-state index contributed by atoms with van der Waals surface area (Å²) in [5.74, 6) is -0.559. The molecule has 0 N–H and O–H groups in total. The minimum Gasteiger partial charge on any atom is -0.335 e. The summed E-state index contributed by atoms with van der Waals surface area (Å²) < 4.78 is 13.6. The van der Waals surface area contributed by atoms with E-state index in [0.29, 0.717) is 15.1 Å². The third-order valence-electron chi connectivity index (χ3n) is 3.42. The number of carbonyl (C=O) groups excluding carboxylic acids is 1. The van der Waals surface area contributed by atoms with Crippen molar-refractivity contribution in [2.45, 2.75) is 13.0 Å². The van der Waals surface area contributed by atoms with Gasteiger partial charge in [0.25, 0.3) is 5.91 Å². The highest BCUT2D eigenvalue weighted by atomic mass is 79.9. The molecule has 0 radical (unpaired) electrons. The van der Waals surface area contributed by atoms with Gasteiger partial charge >= 0.3 is 0 Å². The van der Waals surface area contributed by atoms with Gasteiger partial charge in [-0.25, -0.2) is 4.39 Å². The Morgan fingerprint density at radius 2 is 1.86 bits per heavy atom. The molecule has 1 amide bonds. The standard InChI is InChI=1S/C16H14BrClFNO/c1-10(11-3-5-12(18)6-4-11)20(2)16(21)14-8-7-13(19)9-15(14)17/h3-10H,1-2H3. The topological polar surface area (TPSA) is 20.3 Å². The molecule has 5 heteroatoms. The number of amides is 1. The molecule has 0 heterocycles. The van der Waals surface area contributed by atoms with Gasteiger partial charge in [-0.1, -0.05) is 23.7 Å². The molecule has 0 bridgehead atoms. The molecule has 0 saturated heterocycles. The third kappa shape index (κ3) is 3.63. The van der Waals surface area contributed by atoms with Gasteiger partial charge in [0.15, 0.2) is 0 Å². The number of benzene rings is 2. The minimum atomic E-state index is -0.383. The van der Waals surface area contributed by atoms with E-state index in [1.54, 1.807) is 24.1 Å². The third-order valence-corrected chi connectivity index (χ3v) is 4.32. The summed E-state index contributed by atoms with van der Waals surface area (Å²) in [6.45, 7) is 1.93. The van der Waals surface area contributed by atoms with Crippen LogP contribution in [0, 0.1) is 5.82 Å². The van der Waals surface area contributed by atoms with Gasteiger partial charge in [-0.2, -0.15) is 0 Å². The second-order valence-electron chi connectivity index (χ2n) is 4.77. The first kappa shape index (κ1) is 16.0. The molecule has 0 aromatic heterocycles. The summed E-state index contributed by atoms with van der Waals surface area (Å²) >= 11 is 9.09. The minimum absolute atomic E-state index is 0.119. The van der Waals surface area contributed by atoms with Crippen LogP contribution in [0.15, 0.2) is 46.9 Å². The van der Waals surface area contributed by atoms with Crippen molar-refractivity contribution < 1.29 is 9.18 Å². The van der Waals surface area contributed by atoms with Gasteiger partial charge < -0.3 is 4.90 Å². The highest BCUT2D eigenvalue weighted by Crippen LogP contribution is 2.25. The van der Waals surface area contributed by atoms with E-state index in [1.165, 1.54) is 18.2 Å². The van der Waals surface area contributed by atoms with E-state index in [-0.39, 0.29) is 17.8 Å². The first-order valence-electron chi connectivity index (χ1n) is 6.38.